The van der Waals surface area contributed by atoms with Crippen LogP contribution in [0.2, 0.25) is 0 Å². The van der Waals surface area contributed by atoms with Crippen molar-refractivity contribution in [3.63, 3.8) is 0 Å². The van der Waals surface area contributed by atoms with Crippen LogP contribution >= 0.6 is 0 Å². The number of aliphatic carboxylic acids is 1. The minimum Gasteiger partial charge on any atom is -0.481 e. The lowest BCUT2D eigenvalue weighted by atomic mass is 9.93. The standard InChI is InChI=1S/C18H21N3O4/c1-2-21-16(8-9-19-21)14-10-20(11-15(14)17(22)23)18(24)25-12-13-6-4-3-5-7-13/h3-9,14-15H,2,10-12H2,1H3,(H,22,23). The molecule has 1 aliphatic heterocycles. The third-order valence-corrected chi connectivity index (χ3v) is 4.53. The number of carboxylic acid groups (broad SMARTS) is 1. The zero-order chi connectivity index (χ0) is 17.8. The molecule has 1 aromatic carbocycles. The van der Waals surface area contributed by atoms with E-state index in [9.17, 15) is 14.7 Å². The van der Waals surface area contributed by atoms with Crippen LogP contribution in [0.25, 0.3) is 0 Å². The van der Waals surface area contributed by atoms with Crippen molar-refractivity contribution in [3.8, 4) is 0 Å². The maximum absolute atomic E-state index is 12.3. The summed E-state index contributed by atoms with van der Waals surface area (Å²) in [6, 6.07) is 11.2. The van der Waals surface area contributed by atoms with Crippen molar-refractivity contribution >= 4 is 12.1 Å². The second-order valence-corrected chi connectivity index (χ2v) is 6.07. The van der Waals surface area contributed by atoms with Gasteiger partial charge in [-0.1, -0.05) is 30.3 Å². The molecule has 2 atom stereocenters. The van der Waals surface area contributed by atoms with Crippen LogP contribution in [-0.4, -0.2) is 44.9 Å². The monoisotopic (exact) mass is 343 g/mol. The van der Waals surface area contributed by atoms with Gasteiger partial charge in [-0.15, -0.1) is 0 Å². The van der Waals surface area contributed by atoms with Gasteiger partial charge in [-0.25, -0.2) is 4.79 Å². The lowest BCUT2D eigenvalue weighted by molar-refractivity contribution is -0.141. The summed E-state index contributed by atoms with van der Waals surface area (Å²) in [5.74, 6) is -1.86. The van der Waals surface area contributed by atoms with E-state index in [2.05, 4.69) is 5.10 Å². The summed E-state index contributed by atoms with van der Waals surface area (Å²) in [7, 11) is 0. The maximum Gasteiger partial charge on any atom is 0.410 e. The second-order valence-electron chi connectivity index (χ2n) is 6.07. The van der Waals surface area contributed by atoms with Gasteiger partial charge in [0.15, 0.2) is 0 Å². The molecular weight excluding hydrogens is 322 g/mol. The van der Waals surface area contributed by atoms with Crippen molar-refractivity contribution in [2.75, 3.05) is 13.1 Å². The number of rotatable bonds is 5. The fraction of sp³-hybridized carbons (Fsp3) is 0.389. The van der Waals surface area contributed by atoms with Crippen molar-refractivity contribution in [2.24, 2.45) is 5.92 Å². The predicted octanol–water partition coefficient (Wildman–Crippen LogP) is 2.34. The van der Waals surface area contributed by atoms with Gasteiger partial charge in [-0.3, -0.25) is 9.48 Å². The highest BCUT2D eigenvalue weighted by atomic mass is 16.6. The first-order valence-corrected chi connectivity index (χ1v) is 8.30. The van der Waals surface area contributed by atoms with E-state index in [1.165, 1.54) is 4.90 Å². The Morgan fingerprint density at radius 1 is 1.24 bits per heavy atom. The van der Waals surface area contributed by atoms with E-state index in [1.807, 2.05) is 43.3 Å². The minimum atomic E-state index is -0.910. The van der Waals surface area contributed by atoms with Crippen molar-refractivity contribution < 1.29 is 19.4 Å². The smallest absolute Gasteiger partial charge is 0.410 e. The van der Waals surface area contributed by atoms with Gasteiger partial charge in [0.05, 0.1) is 5.92 Å². The number of hydrogen-bond acceptors (Lipinski definition) is 4. The van der Waals surface area contributed by atoms with Gasteiger partial charge in [0.1, 0.15) is 6.61 Å². The van der Waals surface area contributed by atoms with E-state index in [4.69, 9.17) is 4.74 Å². The number of hydrogen-bond donors (Lipinski definition) is 1. The number of benzene rings is 1. The quantitative estimate of drug-likeness (QED) is 0.901. The van der Waals surface area contributed by atoms with Gasteiger partial charge in [0.25, 0.3) is 0 Å². The fourth-order valence-electron chi connectivity index (χ4n) is 3.24. The van der Waals surface area contributed by atoms with Crippen molar-refractivity contribution in [2.45, 2.75) is 26.0 Å². The van der Waals surface area contributed by atoms with E-state index in [0.29, 0.717) is 13.1 Å². The first-order chi connectivity index (χ1) is 12.1. The normalized spacial score (nSPS) is 19.8. The highest BCUT2D eigenvalue weighted by Gasteiger charge is 2.42. The van der Waals surface area contributed by atoms with E-state index in [-0.39, 0.29) is 19.1 Å². The number of nitrogens with zero attached hydrogens (tertiary/aromatic N) is 3. The molecule has 2 aromatic rings. The van der Waals surface area contributed by atoms with Gasteiger partial charge in [0.2, 0.25) is 0 Å². The Bertz CT molecular complexity index is 744. The summed E-state index contributed by atoms with van der Waals surface area (Å²) in [6.07, 6.45) is 1.17. The molecule has 2 heterocycles. The SMILES string of the molecule is CCn1nccc1C1CN(C(=O)OCc2ccccc2)CC1C(=O)O. The van der Waals surface area contributed by atoms with E-state index >= 15 is 0 Å². The average Bonchev–Trinajstić information content (AvgIpc) is 3.26. The molecule has 0 bridgehead atoms. The van der Waals surface area contributed by atoms with Crippen LogP contribution in [0, 0.1) is 5.92 Å². The second kappa shape index (κ2) is 7.38. The molecule has 3 rings (SSSR count). The number of carbonyl (C=O) groups excluding carboxylic acids is 1. The summed E-state index contributed by atoms with van der Waals surface area (Å²) in [5, 5.41) is 13.8. The Morgan fingerprint density at radius 2 is 2.00 bits per heavy atom. The largest absolute Gasteiger partial charge is 0.481 e. The lowest BCUT2D eigenvalue weighted by Crippen LogP contribution is -2.30. The third-order valence-electron chi connectivity index (χ3n) is 4.53. The van der Waals surface area contributed by atoms with Crippen LogP contribution in [0.5, 0.6) is 0 Å². The molecule has 1 amide bonds. The number of carboxylic acids is 1. The minimum absolute atomic E-state index is 0.141. The number of aromatic nitrogens is 2. The molecular formula is C18H21N3O4. The Morgan fingerprint density at radius 3 is 2.68 bits per heavy atom. The molecule has 1 fully saturated rings. The Balaban J connectivity index is 1.69. The highest BCUT2D eigenvalue weighted by molar-refractivity contribution is 5.75. The molecule has 132 valence electrons. The highest BCUT2D eigenvalue weighted by Crippen LogP contribution is 2.33. The van der Waals surface area contributed by atoms with Gasteiger partial charge >= 0.3 is 12.1 Å². The Labute approximate surface area is 145 Å². The Kier molecular flexibility index (Phi) is 5.02. The van der Waals surface area contributed by atoms with Crippen molar-refractivity contribution in [1.82, 2.24) is 14.7 Å². The molecule has 0 saturated carbocycles. The van der Waals surface area contributed by atoms with Crippen LogP contribution < -0.4 is 0 Å². The van der Waals surface area contributed by atoms with E-state index in [1.54, 1.807) is 10.9 Å². The van der Waals surface area contributed by atoms with E-state index < -0.39 is 18.0 Å². The third kappa shape index (κ3) is 3.65. The molecule has 1 saturated heterocycles. The molecule has 0 radical (unpaired) electrons. The number of carbonyl (C=O) groups is 2. The first kappa shape index (κ1) is 17.0. The molecule has 0 spiro atoms. The molecule has 2 unspecified atom stereocenters. The summed E-state index contributed by atoms with van der Waals surface area (Å²) in [5.41, 5.74) is 1.73. The fourth-order valence-corrected chi connectivity index (χ4v) is 3.24. The average molecular weight is 343 g/mol. The zero-order valence-corrected chi connectivity index (χ0v) is 14.0. The molecule has 1 aromatic heterocycles. The van der Waals surface area contributed by atoms with Gasteiger partial charge in [-0.05, 0) is 18.6 Å². The molecule has 25 heavy (non-hydrogen) atoms. The van der Waals surface area contributed by atoms with Crippen LogP contribution in [0.4, 0.5) is 4.79 Å². The summed E-state index contributed by atoms with van der Waals surface area (Å²) in [6.45, 7) is 3.24. The Hall–Kier alpha value is -2.83. The molecule has 1 aliphatic rings. The van der Waals surface area contributed by atoms with Crippen molar-refractivity contribution in [1.29, 1.82) is 0 Å². The molecule has 7 nitrogen and oxygen atoms in total. The van der Waals surface area contributed by atoms with Gasteiger partial charge in [-0.2, -0.15) is 5.10 Å². The molecule has 7 heteroatoms. The number of ether oxygens (including phenoxy) is 1. The van der Waals surface area contributed by atoms with Crippen LogP contribution in [0.15, 0.2) is 42.6 Å². The zero-order valence-electron chi connectivity index (χ0n) is 14.0. The van der Waals surface area contributed by atoms with Crippen LogP contribution in [0.3, 0.4) is 0 Å². The number of amides is 1. The predicted molar refractivity (Wildman–Crippen MR) is 90.0 cm³/mol. The van der Waals surface area contributed by atoms with E-state index in [0.717, 1.165) is 11.3 Å². The van der Waals surface area contributed by atoms with Crippen LogP contribution in [0.1, 0.15) is 24.1 Å². The summed E-state index contributed by atoms with van der Waals surface area (Å²) >= 11 is 0. The summed E-state index contributed by atoms with van der Waals surface area (Å²) < 4.78 is 7.11. The summed E-state index contributed by atoms with van der Waals surface area (Å²) in [4.78, 5) is 25.5. The molecule has 0 aliphatic carbocycles. The molecule has 1 N–H and O–H groups in total. The lowest BCUT2D eigenvalue weighted by Gasteiger charge is -2.17. The maximum atomic E-state index is 12.3. The van der Waals surface area contributed by atoms with Gasteiger partial charge < -0.3 is 14.7 Å². The van der Waals surface area contributed by atoms with Gasteiger partial charge in [0, 0.05) is 37.4 Å². The number of likely N-dealkylation sites (tertiary alicyclic amines) is 1. The number of aryl methyl sites for hydroxylation is 1. The topological polar surface area (TPSA) is 84.7 Å². The first-order valence-electron chi connectivity index (χ1n) is 8.30. The van der Waals surface area contributed by atoms with Crippen molar-refractivity contribution in [3.05, 3.63) is 53.9 Å². The van der Waals surface area contributed by atoms with Crippen LogP contribution in [-0.2, 0) is 22.7 Å².